The average Bonchev–Trinajstić information content (AvgIpc) is 2.45. The summed E-state index contributed by atoms with van der Waals surface area (Å²) in [6.07, 6.45) is 0. The monoisotopic (exact) mass is 236 g/mol. The lowest BCUT2D eigenvalue weighted by atomic mass is 10.1. The predicted octanol–water partition coefficient (Wildman–Crippen LogP) is 3.46. The zero-order valence-electron chi connectivity index (χ0n) is 12.1. The van der Waals surface area contributed by atoms with E-state index in [1.165, 1.54) is 11.3 Å². The molecule has 1 aliphatic rings. The lowest BCUT2D eigenvalue weighted by Crippen LogP contribution is -2.43. The van der Waals surface area contributed by atoms with Gasteiger partial charge in [0.1, 0.15) is 0 Å². The van der Waals surface area contributed by atoms with Crippen LogP contribution in [0.3, 0.4) is 0 Å². The first-order valence-corrected chi connectivity index (χ1v) is 6.89. The molecule has 1 aliphatic heterocycles. The molecule has 0 radical (unpaired) electrons. The van der Waals surface area contributed by atoms with Crippen LogP contribution in [0.5, 0.6) is 0 Å². The molecule has 2 heteroatoms. The molecule has 1 N–H and O–H groups in total. The van der Waals surface area contributed by atoms with E-state index in [9.17, 15) is 0 Å². The number of rotatable bonds is 1. The van der Waals surface area contributed by atoms with E-state index in [4.69, 9.17) is 0 Å². The third kappa shape index (κ3) is 5.22. The van der Waals surface area contributed by atoms with Gasteiger partial charge in [-0.3, -0.25) is 0 Å². The van der Waals surface area contributed by atoms with Gasteiger partial charge >= 0.3 is 0 Å². The smallest absolute Gasteiger partial charge is 0.0396 e. The number of hydrogen-bond donors (Lipinski definition) is 1. The molecule has 17 heavy (non-hydrogen) atoms. The van der Waals surface area contributed by atoms with Gasteiger partial charge < -0.3 is 10.2 Å². The van der Waals surface area contributed by atoms with Crippen molar-refractivity contribution in [3.63, 3.8) is 0 Å². The molecule has 0 saturated carbocycles. The van der Waals surface area contributed by atoms with E-state index >= 15 is 0 Å². The van der Waals surface area contributed by atoms with E-state index in [1.54, 1.807) is 0 Å². The summed E-state index contributed by atoms with van der Waals surface area (Å²) in [6, 6.07) is 8.60. The maximum absolute atomic E-state index is 3.36. The summed E-state index contributed by atoms with van der Waals surface area (Å²) in [5, 5.41) is 3.36. The van der Waals surface area contributed by atoms with Crippen LogP contribution in [0.1, 0.15) is 33.3 Å². The Morgan fingerprint density at radius 3 is 2.00 bits per heavy atom. The Morgan fingerprint density at radius 1 is 0.941 bits per heavy atom. The highest BCUT2D eigenvalue weighted by molar-refractivity contribution is 5.53. The van der Waals surface area contributed by atoms with Crippen molar-refractivity contribution < 1.29 is 0 Å². The molecule has 1 fully saturated rings. The first kappa shape index (κ1) is 16.0. The molecule has 2 nitrogen and oxygen atoms in total. The number of aryl methyl sites for hydroxylation is 1. The van der Waals surface area contributed by atoms with Gasteiger partial charge in [-0.15, -0.1) is 0 Å². The minimum atomic E-state index is 1.11. The number of nitrogens with zero attached hydrogens (tertiary/aromatic N) is 1. The van der Waals surface area contributed by atoms with Crippen molar-refractivity contribution >= 4 is 5.69 Å². The van der Waals surface area contributed by atoms with Crippen LogP contribution >= 0.6 is 0 Å². The maximum atomic E-state index is 3.36. The SMILES string of the molecule is CC.CC.Cc1ccccc1N1CCNCC1. The zero-order valence-corrected chi connectivity index (χ0v) is 12.1. The number of hydrogen-bond acceptors (Lipinski definition) is 2. The van der Waals surface area contributed by atoms with Crippen molar-refractivity contribution in [1.29, 1.82) is 0 Å². The van der Waals surface area contributed by atoms with E-state index in [2.05, 4.69) is 41.4 Å². The quantitative estimate of drug-likeness (QED) is 0.803. The van der Waals surface area contributed by atoms with Gasteiger partial charge in [-0.05, 0) is 18.6 Å². The molecule has 1 saturated heterocycles. The Balaban J connectivity index is 0.000000581. The Morgan fingerprint density at radius 2 is 1.47 bits per heavy atom. The second-order valence-electron chi connectivity index (χ2n) is 3.52. The number of nitrogens with one attached hydrogen (secondary N) is 1. The Labute approximate surface area is 107 Å². The van der Waals surface area contributed by atoms with E-state index in [0.717, 1.165) is 26.2 Å². The Hall–Kier alpha value is -1.02. The average molecular weight is 236 g/mol. The minimum absolute atomic E-state index is 1.11. The van der Waals surface area contributed by atoms with Gasteiger partial charge in [0.25, 0.3) is 0 Å². The van der Waals surface area contributed by atoms with E-state index in [0.29, 0.717) is 0 Å². The summed E-state index contributed by atoms with van der Waals surface area (Å²) in [4.78, 5) is 2.45. The standard InChI is InChI=1S/C11H16N2.2C2H6/c1-10-4-2-3-5-11(10)13-8-6-12-7-9-13;2*1-2/h2-5,12H,6-9H2,1H3;2*1-2H3. The normalized spacial score (nSPS) is 14.1. The molecule has 0 aromatic heterocycles. The van der Waals surface area contributed by atoms with E-state index < -0.39 is 0 Å². The molecule has 1 heterocycles. The van der Waals surface area contributed by atoms with Crippen LogP contribution in [0.25, 0.3) is 0 Å². The van der Waals surface area contributed by atoms with E-state index in [1.807, 2.05) is 27.7 Å². The van der Waals surface area contributed by atoms with Crippen molar-refractivity contribution in [3.8, 4) is 0 Å². The van der Waals surface area contributed by atoms with E-state index in [-0.39, 0.29) is 0 Å². The highest BCUT2D eigenvalue weighted by atomic mass is 15.2. The number of para-hydroxylation sites is 1. The fourth-order valence-corrected chi connectivity index (χ4v) is 1.82. The van der Waals surface area contributed by atoms with Crippen LogP contribution in [-0.4, -0.2) is 26.2 Å². The van der Waals surface area contributed by atoms with Crippen LogP contribution in [0.15, 0.2) is 24.3 Å². The van der Waals surface area contributed by atoms with Gasteiger partial charge in [-0.2, -0.15) is 0 Å². The first-order chi connectivity index (χ1) is 8.38. The van der Waals surface area contributed by atoms with Gasteiger partial charge in [0.2, 0.25) is 0 Å². The second-order valence-corrected chi connectivity index (χ2v) is 3.52. The van der Waals surface area contributed by atoms with Crippen molar-refractivity contribution in [3.05, 3.63) is 29.8 Å². The summed E-state index contributed by atoms with van der Waals surface area (Å²) in [5.74, 6) is 0. The van der Waals surface area contributed by atoms with Crippen molar-refractivity contribution in [1.82, 2.24) is 5.32 Å². The Bertz CT molecular complexity index is 278. The van der Waals surface area contributed by atoms with Crippen molar-refractivity contribution in [2.75, 3.05) is 31.1 Å². The van der Waals surface area contributed by atoms with Crippen LogP contribution in [-0.2, 0) is 0 Å². The van der Waals surface area contributed by atoms with Gasteiger partial charge in [0.05, 0.1) is 0 Å². The minimum Gasteiger partial charge on any atom is -0.369 e. The summed E-state index contributed by atoms with van der Waals surface area (Å²) >= 11 is 0. The number of anilines is 1. The summed E-state index contributed by atoms with van der Waals surface area (Å²) < 4.78 is 0. The van der Waals surface area contributed by atoms with Gasteiger partial charge in [0, 0.05) is 31.9 Å². The summed E-state index contributed by atoms with van der Waals surface area (Å²) in [5.41, 5.74) is 2.77. The highest BCUT2D eigenvalue weighted by Gasteiger charge is 2.10. The molecular weight excluding hydrogens is 208 g/mol. The van der Waals surface area contributed by atoms with Crippen LogP contribution in [0.4, 0.5) is 5.69 Å². The van der Waals surface area contributed by atoms with Crippen molar-refractivity contribution in [2.45, 2.75) is 34.6 Å². The molecule has 0 spiro atoms. The molecule has 98 valence electrons. The molecule has 0 unspecified atom stereocenters. The first-order valence-electron chi connectivity index (χ1n) is 6.89. The fraction of sp³-hybridized carbons (Fsp3) is 0.600. The van der Waals surface area contributed by atoms with Crippen LogP contribution < -0.4 is 10.2 Å². The van der Waals surface area contributed by atoms with Gasteiger partial charge in [-0.25, -0.2) is 0 Å². The molecule has 0 amide bonds. The topological polar surface area (TPSA) is 15.3 Å². The second kappa shape index (κ2) is 10.2. The van der Waals surface area contributed by atoms with Crippen LogP contribution in [0, 0.1) is 6.92 Å². The number of benzene rings is 1. The third-order valence-electron chi connectivity index (χ3n) is 2.57. The van der Waals surface area contributed by atoms with Crippen molar-refractivity contribution in [2.24, 2.45) is 0 Å². The molecule has 0 atom stereocenters. The summed E-state index contributed by atoms with van der Waals surface area (Å²) in [7, 11) is 0. The Kier molecular flexibility index (Phi) is 9.55. The van der Waals surface area contributed by atoms with Gasteiger partial charge in [-0.1, -0.05) is 45.9 Å². The molecule has 1 aromatic carbocycles. The molecule has 0 bridgehead atoms. The lowest BCUT2D eigenvalue weighted by Gasteiger charge is -2.30. The fourth-order valence-electron chi connectivity index (χ4n) is 1.82. The molecular formula is C15H28N2. The molecule has 2 rings (SSSR count). The predicted molar refractivity (Wildman–Crippen MR) is 79.0 cm³/mol. The highest BCUT2D eigenvalue weighted by Crippen LogP contribution is 2.19. The molecule has 1 aromatic rings. The van der Waals surface area contributed by atoms with Crippen LogP contribution in [0.2, 0.25) is 0 Å². The largest absolute Gasteiger partial charge is 0.369 e. The molecule has 0 aliphatic carbocycles. The zero-order chi connectivity index (χ0) is 13.1. The maximum Gasteiger partial charge on any atom is 0.0396 e. The summed E-state index contributed by atoms with van der Waals surface area (Å²) in [6.45, 7) is 14.6. The lowest BCUT2D eigenvalue weighted by molar-refractivity contribution is 0.588. The third-order valence-corrected chi connectivity index (χ3v) is 2.57. The van der Waals surface area contributed by atoms with Gasteiger partial charge in [0.15, 0.2) is 0 Å². The number of piperazine rings is 1.